The third-order valence-corrected chi connectivity index (χ3v) is 4.75. The summed E-state index contributed by atoms with van der Waals surface area (Å²) in [5.41, 5.74) is 2.48. The van der Waals surface area contributed by atoms with Gasteiger partial charge in [-0.05, 0) is 54.1 Å². The first-order chi connectivity index (χ1) is 12.0. The molecule has 0 atom stereocenters. The maximum Gasteiger partial charge on any atom is 0.264 e. The molecule has 0 spiro atoms. The molecule has 2 aromatic carbocycles. The third-order valence-electron chi connectivity index (χ3n) is 3.56. The van der Waals surface area contributed by atoms with Gasteiger partial charge in [0.1, 0.15) is 0 Å². The number of hydrogen-bond donors (Lipinski definition) is 2. The van der Waals surface area contributed by atoms with Crippen molar-refractivity contribution in [2.75, 3.05) is 7.11 Å². The second-order valence-corrected chi connectivity index (χ2v) is 6.76. The Morgan fingerprint density at radius 1 is 1.32 bits per heavy atom. The van der Waals surface area contributed by atoms with Crippen LogP contribution in [0, 0.1) is 6.92 Å². The number of halogens is 1. The largest absolute Gasteiger partial charge is 0.503 e. The Labute approximate surface area is 154 Å². The molecule has 25 heavy (non-hydrogen) atoms. The molecule has 2 N–H and O–H groups in total. The topological polar surface area (TPSA) is 70.9 Å². The molecule has 7 heteroatoms. The quantitative estimate of drug-likeness (QED) is 0.788. The standard InChI is InChI=1S/C18H15ClN2O3S/c1-10-5-3-4-6-13(10)20-18-21-17(23)15(25-18)9-11-7-12(19)16(22)14(8-11)24-2/h3-9,22H,1-2H3,(H,20,21,23)/b15-9+. The van der Waals surface area contributed by atoms with E-state index < -0.39 is 0 Å². The van der Waals surface area contributed by atoms with E-state index in [1.807, 2.05) is 31.2 Å². The highest BCUT2D eigenvalue weighted by molar-refractivity contribution is 8.18. The maximum absolute atomic E-state index is 12.2. The number of carbonyl (C=O) groups excluding carboxylic acids is 1. The number of nitrogens with one attached hydrogen (secondary N) is 1. The second-order valence-electron chi connectivity index (χ2n) is 5.32. The van der Waals surface area contributed by atoms with E-state index in [9.17, 15) is 9.90 Å². The van der Waals surface area contributed by atoms with Crippen molar-refractivity contribution in [1.82, 2.24) is 5.32 Å². The molecule has 0 aromatic heterocycles. The zero-order chi connectivity index (χ0) is 18.0. The highest BCUT2D eigenvalue weighted by atomic mass is 35.5. The van der Waals surface area contributed by atoms with E-state index in [0.717, 1.165) is 11.3 Å². The van der Waals surface area contributed by atoms with Crippen LogP contribution in [0.5, 0.6) is 11.5 Å². The maximum atomic E-state index is 12.2. The van der Waals surface area contributed by atoms with E-state index in [4.69, 9.17) is 16.3 Å². The van der Waals surface area contributed by atoms with Crippen LogP contribution in [0.3, 0.4) is 0 Å². The molecule has 1 fully saturated rings. The molecular weight excluding hydrogens is 360 g/mol. The minimum absolute atomic E-state index is 0.128. The fourth-order valence-corrected chi connectivity index (χ4v) is 3.32. The van der Waals surface area contributed by atoms with Crippen LogP contribution in [-0.2, 0) is 4.79 Å². The molecule has 1 saturated heterocycles. The molecule has 0 aliphatic carbocycles. The average Bonchev–Trinajstić information content (AvgIpc) is 2.92. The monoisotopic (exact) mass is 374 g/mol. The lowest BCUT2D eigenvalue weighted by molar-refractivity contribution is -0.115. The normalized spacial score (nSPS) is 17.2. The number of amidine groups is 1. The molecule has 1 heterocycles. The molecule has 1 aliphatic rings. The summed E-state index contributed by atoms with van der Waals surface area (Å²) in [5.74, 6) is -0.117. The summed E-state index contributed by atoms with van der Waals surface area (Å²) in [5, 5.41) is 13.2. The van der Waals surface area contributed by atoms with Crippen LogP contribution in [0.1, 0.15) is 11.1 Å². The Kier molecular flexibility index (Phi) is 5.01. The van der Waals surface area contributed by atoms with Gasteiger partial charge in [-0.25, -0.2) is 4.99 Å². The third kappa shape index (κ3) is 3.81. The number of ether oxygens (including phenoxy) is 1. The zero-order valence-electron chi connectivity index (χ0n) is 13.5. The molecule has 2 aromatic rings. The van der Waals surface area contributed by atoms with E-state index in [-0.39, 0.29) is 22.4 Å². The average molecular weight is 375 g/mol. The summed E-state index contributed by atoms with van der Waals surface area (Å²) in [6, 6.07) is 10.9. The summed E-state index contributed by atoms with van der Waals surface area (Å²) in [6.45, 7) is 1.96. The predicted octanol–water partition coefficient (Wildman–Crippen LogP) is 4.25. The predicted molar refractivity (Wildman–Crippen MR) is 102 cm³/mol. The van der Waals surface area contributed by atoms with Gasteiger partial charge in [0, 0.05) is 0 Å². The number of phenolic OH excluding ortho intramolecular Hbond substituents is 1. The molecule has 0 bridgehead atoms. The fraction of sp³-hybridized carbons (Fsp3) is 0.111. The Morgan fingerprint density at radius 3 is 2.80 bits per heavy atom. The van der Waals surface area contributed by atoms with Gasteiger partial charge in [-0.1, -0.05) is 29.8 Å². The lowest BCUT2D eigenvalue weighted by Gasteiger charge is -2.06. The first-order valence-electron chi connectivity index (χ1n) is 7.39. The Hall–Kier alpha value is -2.44. The summed E-state index contributed by atoms with van der Waals surface area (Å²) < 4.78 is 5.08. The fourth-order valence-electron chi connectivity index (χ4n) is 2.26. The van der Waals surface area contributed by atoms with Crippen LogP contribution < -0.4 is 10.1 Å². The van der Waals surface area contributed by atoms with E-state index >= 15 is 0 Å². The van der Waals surface area contributed by atoms with Gasteiger partial charge in [0.25, 0.3) is 5.91 Å². The van der Waals surface area contributed by atoms with Gasteiger partial charge in [-0.3, -0.25) is 4.79 Å². The van der Waals surface area contributed by atoms with Crippen molar-refractivity contribution >= 4 is 46.2 Å². The first-order valence-corrected chi connectivity index (χ1v) is 8.59. The minimum Gasteiger partial charge on any atom is -0.503 e. The number of aromatic hydroxyl groups is 1. The van der Waals surface area contributed by atoms with Crippen molar-refractivity contribution in [2.45, 2.75) is 6.92 Å². The summed E-state index contributed by atoms with van der Waals surface area (Å²) >= 11 is 7.23. The smallest absolute Gasteiger partial charge is 0.264 e. The van der Waals surface area contributed by atoms with Crippen molar-refractivity contribution in [2.24, 2.45) is 4.99 Å². The number of nitrogens with zero attached hydrogens (tertiary/aromatic N) is 1. The van der Waals surface area contributed by atoms with Crippen molar-refractivity contribution in [1.29, 1.82) is 0 Å². The molecular formula is C18H15ClN2O3S. The van der Waals surface area contributed by atoms with Gasteiger partial charge in [0.05, 0.1) is 22.7 Å². The summed E-state index contributed by atoms with van der Waals surface area (Å²) in [4.78, 5) is 17.1. The SMILES string of the molecule is COc1cc(/C=C2/SC(=Nc3ccccc3C)NC2=O)cc(Cl)c1O. The summed E-state index contributed by atoms with van der Waals surface area (Å²) in [7, 11) is 1.44. The minimum atomic E-state index is -0.236. The Bertz CT molecular complexity index is 909. The first kappa shape index (κ1) is 17.4. The van der Waals surface area contributed by atoms with Crippen molar-refractivity contribution < 1.29 is 14.6 Å². The van der Waals surface area contributed by atoms with Crippen molar-refractivity contribution in [3.8, 4) is 11.5 Å². The number of thioether (sulfide) groups is 1. The molecule has 0 unspecified atom stereocenters. The number of aryl methyl sites for hydroxylation is 1. The lowest BCUT2D eigenvalue weighted by Crippen LogP contribution is -2.19. The van der Waals surface area contributed by atoms with E-state index in [1.54, 1.807) is 18.2 Å². The van der Waals surface area contributed by atoms with Gasteiger partial charge >= 0.3 is 0 Å². The van der Waals surface area contributed by atoms with E-state index in [1.165, 1.54) is 18.9 Å². The number of phenols is 1. The van der Waals surface area contributed by atoms with Crippen molar-refractivity contribution in [3.05, 3.63) is 57.5 Å². The van der Waals surface area contributed by atoms with Gasteiger partial charge < -0.3 is 15.2 Å². The number of aliphatic imine (C=N–C) groups is 1. The number of benzene rings is 2. The molecule has 0 saturated carbocycles. The highest BCUT2D eigenvalue weighted by Gasteiger charge is 2.24. The van der Waals surface area contributed by atoms with Crippen LogP contribution in [-0.4, -0.2) is 23.3 Å². The van der Waals surface area contributed by atoms with Crippen LogP contribution in [0.4, 0.5) is 5.69 Å². The number of carbonyl (C=O) groups is 1. The van der Waals surface area contributed by atoms with Gasteiger partial charge in [-0.2, -0.15) is 0 Å². The molecule has 1 aliphatic heterocycles. The number of methoxy groups -OCH3 is 1. The van der Waals surface area contributed by atoms with Gasteiger partial charge in [0.2, 0.25) is 0 Å². The van der Waals surface area contributed by atoms with Gasteiger partial charge in [0.15, 0.2) is 16.7 Å². The molecule has 1 amide bonds. The van der Waals surface area contributed by atoms with Crippen LogP contribution in [0.2, 0.25) is 5.02 Å². The number of rotatable bonds is 3. The second kappa shape index (κ2) is 7.21. The molecule has 3 rings (SSSR count). The molecule has 5 nitrogen and oxygen atoms in total. The van der Waals surface area contributed by atoms with E-state index in [2.05, 4.69) is 10.3 Å². The van der Waals surface area contributed by atoms with Crippen molar-refractivity contribution in [3.63, 3.8) is 0 Å². The number of amides is 1. The zero-order valence-corrected chi connectivity index (χ0v) is 15.1. The lowest BCUT2D eigenvalue weighted by atomic mass is 10.2. The van der Waals surface area contributed by atoms with Crippen LogP contribution >= 0.6 is 23.4 Å². The van der Waals surface area contributed by atoms with Gasteiger partial charge in [-0.15, -0.1) is 0 Å². The summed E-state index contributed by atoms with van der Waals surface area (Å²) in [6.07, 6.45) is 1.67. The van der Waals surface area contributed by atoms with Crippen LogP contribution in [0.25, 0.3) is 6.08 Å². The Morgan fingerprint density at radius 2 is 2.08 bits per heavy atom. The Balaban J connectivity index is 1.90. The van der Waals surface area contributed by atoms with E-state index in [0.29, 0.717) is 15.6 Å². The molecule has 128 valence electrons. The molecule has 0 radical (unpaired) electrons. The van der Waals surface area contributed by atoms with Crippen LogP contribution in [0.15, 0.2) is 46.3 Å². The highest BCUT2D eigenvalue weighted by Crippen LogP contribution is 2.37. The number of hydrogen-bond acceptors (Lipinski definition) is 5. The number of para-hydroxylation sites is 1.